The van der Waals surface area contributed by atoms with Crippen molar-refractivity contribution in [3.63, 3.8) is 0 Å². The average molecular weight is 165 g/mol. The molecular formula is C6H9F2NO2. The summed E-state index contributed by atoms with van der Waals surface area (Å²) in [5.74, 6) is -2.22. The molecule has 5 heteroatoms. The molecule has 64 valence electrons. The van der Waals surface area contributed by atoms with Crippen molar-refractivity contribution in [2.24, 2.45) is 0 Å². The maximum atomic E-state index is 12.0. The number of amides is 2. The zero-order valence-electron chi connectivity index (χ0n) is 6.23. The Kier molecular flexibility index (Phi) is 3.64. The summed E-state index contributed by atoms with van der Waals surface area (Å²) in [5.41, 5.74) is 0. The Morgan fingerprint density at radius 1 is 1.09 bits per heavy atom. The number of carbonyl (C=O) groups is 2. The number of nitrogens with one attached hydrogen (secondary N) is 1. The van der Waals surface area contributed by atoms with Crippen molar-refractivity contribution in [1.82, 2.24) is 5.32 Å². The molecule has 0 aliphatic carbocycles. The highest BCUT2D eigenvalue weighted by molar-refractivity contribution is 5.98. The van der Waals surface area contributed by atoms with Crippen LogP contribution in [-0.4, -0.2) is 24.2 Å². The lowest BCUT2D eigenvalue weighted by atomic mass is 10.3. The molecule has 0 aliphatic rings. The van der Waals surface area contributed by atoms with Crippen LogP contribution < -0.4 is 5.32 Å². The fraction of sp³-hybridized carbons (Fsp3) is 0.667. The van der Waals surface area contributed by atoms with Crippen molar-refractivity contribution in [3.8, 4) is 0 Å². The van der Waals surface area contributed by atoms with Gasteiger partial charge in [-0.1, -0.05) is 0 Å². The third-order valence-corrected chi connectivity index (χ3v) is 0.969. The Bertz CT molecular complexity index is 150. The summed E-state index contributed by atoms with van der Waals surface area (Å²) >= 11 is 0. The molecule has 0 aromatic carbocycles. The molecule has 0 spiro atoms. The second-order valence-electron chi connectivity index (χ2n) is 2.09. The van der Waals surface area contributed by atoms with E-state index in [1.807, 2.05) is 0 Å². The second-order valence-corrected chi connectivity index (χ2v) is 2.09. The molecule has 0 fully saturated rings. The van der Waals surface area contributed by atoms with Crippen LogP contribution in [0.5, 0.6) is 0 Å². The molecule has 2 unspecified atom stereocenters. The maximum Gasteiger partial charge on any atom is 0.260 e. The highest BCUT2D eigenvalue weighted by atomic mass is 19.1. The highest BCUT2D eigenvalue weighted by Crippen LogP contribution is 1.91. The van der Waals surface area contributed by atoms with E-state index >= 15 is 0 Å². The van der Waals surface area contributed by atoms with E-state index in [0.29, 0.717) is 0 Å². The Morgan fingerprint density at radius 3 is 1.55 bits per heavy atom. The fourth-order valence-electron chi connectivity index (χ4n) is 0.320. The van der Waals surface area contributed by atoms with E-state index in [1.165, 1.54) is 0 Å². The minimum Gasteiger partial charge on any atom is -0.291 e. The van der Waals surface area contributed by atoms with Gasteiger partial charge in [0.15, 0.2) is 12.3 Å². The van der Waals surface area contributed by atoms with E-state index in [2.05, 4.69) is 0 Å². The van der Waals surface area contributed by atoms with Gasteiger partial charge in [-0.05, 0) is 13.8 Å². The number of hydrogen-bond acceptors (Lipinski definition) is 2. The van der Waals surface area contributed by atoms with Gasteiger partial charge in [-0.15, -0.1) is 0 Å². The quantitative estimate of drug-likeness (QED) is 0.641. The molecule has 2 amide bonds. The minimum atomic E-state index is -1.79. The number of hydrogen-bond donors (Lipinski definition) is 1. The normalized spacial score (nSPS) is 15.3. The van der Waals surface area contributed by atoms with Crippen LogP contribution in [0.25, 0.3) is 0 Å². The van der Waals surface area contributed by atoms with Crippen molar-refractivity contribution >= 4 is 11.8 Å². The summed E-state index contributed by atoms with van der Waals surface area (Å²) in [7, 11) is 0. The SMILES string of the molecule is CC(F)C(=O)NC(=O)C(C)F. The lowest BCUT2D eigenvalue weighted by Gasteiger charge is -2.03. The third kappa shape index (κ3) is 3.64. The molecule has 0 bridgehead atoms. The molecule has 0 rings (SSSR count). The summed E-state index contributed by atoms with van der Waals surface area (Å²) < 4.78 is 24.1. The Hall–Kier alpha value is -1.00. The van der Waals surface area contributed by atoms with Gasteiger partial charge in [0.1, 0.15) is 0 Å². The standard InChI is InChI=1S/C6H9F2NO2/c1-3(7)5(10)9-6(11)4(2)8/h3-4H,1-2H3,(H,9,10,11). The number of alkyl halides is 2. The largest absolute Gasteiger partial charge is 0.291 e. The van der Waals surface area contributed by atoms with Crippen LogP contribution in [0.1, 0.15) is 13.8 Å². The van der Waals surface area contributed by atoms with Crippen LogP contribution in [0.2, 0.25) is 0 Å². The van der Waals surface area contributed by atoms with Crippen LogP contribution >= 0.6 is 0 Å². The molecule has 1 N–H and O–H groups in total. The molecular weight excluding hydrogens is 156 g/mol. The second kappa shape index (κ2) is 4.00. The topological polar surface area (TPSA) is 46.2 Å². The van der Waals surface area contributed by atoms with Crippen molar-refractivity contribution in [3.05, 3.63) is 0 Å². The minimum absolute atomic E-state index is 0.964. The number of carbonyl (C=O) groups excluding carboxylic acids is 2. The predicted octanol–water partition coefficient (Wildman–Crippen LogP) is 0.345. The van der Waals surface area contributed by atoms with Crippen LogP contribution in [-0.2, 0) is 9.59 Å². The van der Waals surface area contributed by atoms with Gasteiger partial charge in [-0.2, -0.15) is 0 Å². The van der Waals surface area contributed by atoms with Crippen LogP contribution in [0.3, 0.4) is 0 Å². The van der Waals surface area contributed by atoms with E-state index in [9.17, 15) is 18.4 Å². The van der Waals surface area contributed by atoms with Crippen molar-refractivity contribution in [2.45, 2.75) is 26.2 Å². The van der Waals surface area contributed by atoms with E-state index in [4.69, 9.17) is 0 Å². The molecule has 0 aromatic heterocycles. The van der Waals surface area contributed by atoms with E-state index < -0.39 is 24.2 Å². The van der Waals surface area contributed by atoms with Crippen molar-refractivity contribution in [2.75, 3.05) is 0 Å². The Balaban J connectivity index is 3.86. The number of halogens is 2. The summed E-state index contributed by atoms with van der Waals surface area (Å²) in [6, 6.07) is 0. The van der Waals surface area contributed by atoms with Crippen molar-refractivity contribution in [1.29, 1.82) is 0 Å². The summed E-state index contributed by atoms with van der Waals surface area (Å²) in [5, 5.41) is 1.55. The molecule has 0 radical (unpaired) electrons. The van der Waals surface area contributed by atoms with Gasteiger partial charge in [0.2, 0.25) is 0 Å². The number of rotatable bonds is 2. The molecule has 2 atom stereocenters. The van der Waals surface area contributed by atoms with Gasteiger partial charge in [0, 0.05) is 0 Å². The van der Waals surface area contributed by atoms with Crippen LogP contribution in [0.15, 0.2) is 0 Å². The summed E-state index contributed by atoms with van der Waals surface area (Å²) in [6.45, 7) is 1.93. The predicted molar refractivity (Wildman–Crippen MR) is 34.3 cm³/mol. The highest BCUT2D eigenvalue weighted by Gasteiger charge is 2.18. The van der Waals surface area contributed by atoms with Gasteiger partial charge in [0.05, 0.1) is 0 Å². The smallest absolute Gasteiger partial charge is 0.260 e. The fourth-order valence-corrected chi connectivity index (χ4v) is 0.320. The summed E-state index contributed by atoms with van der Waals surface area (Å²) in [6.07, 6.45) is -3.59. The van der Waals surface area contributed by atoms with Gasteiger partial charge in [-0.3, -0.25) is 14.9 Å². The Morgan fingerprint density at radius 2 is 1.36 bits per heavy atom. The average Bonchev–Trinajstić information content (AvgIpc) is 1.87. The molecule has 0 aliphatic heterocycles. The molecule has 3 nitrogen and oxygen atoms in total. The van der Waals surface area contributed by atoms with E-state index in [1.54, 1.807) is 5.32 Å². The van der Waals surface area contributed by atoms with E-state index in [0.717, 1.165) is 13.8 Å². The van der Waals surface area contributed by atoms with E-state index in [-0.39, 0.29) is 0 Å². The van der Waals surface area contributed by atoms with Crippen molar-refractivity contribution < 1.29 is 18.4 Å². The monoisotopic (exact) mass is 165 g/mol. The van der Waals surface area contributed by atoms with Crippen LogP contribution in [0, 0.1) is 0 Å². The third-order valence-electron chi connectivity index (χ3n) is 0.969. The van der Waals surface area contributed by atoms with Gasteiger partial charge in [0.25, 0.3) is 11.8 Å². The summed E-state index contributed by atoms with van der Waals surface area (Å²) in [4.78, 5) is 20.8. The first kappa shape index (κ1) is 10.0. The van der Waals surface area contributed by atoms with Gasteiger partial charge in [-0.25, -0.2) is 8.78 Å². The zero-order valence-corrected chi connectivity index (χ0v) is 6.23. The Labute approximate surface area is 62.8 Å². The molecule has 0 heterocycles. The number of imide groups is 1. The maximum absolute atomic E-state index is 12.0. The molecule has 0 saturated heterocycles. The first-order chi connectivity index (χ1) is 4.95. The lowest BCUT2D eigenvalue weighted by Crippen LogP contribution is -2.39. The molecule has 0 aromatic rings. The first-order valence-corrected chi connectivity index (χ1v) is 3.08. The molecule has 11 heavy (non-hydrogen) atoms. The van der Waals surface area contributed by atoms with Gasteiger partial charge < -0.3 is 0 Å². The first-order valence-electron chi connectivity index (χ1n) is 3.08. The zero-order chi connectivity index (χ0) is 9.02. The van der Waals surface area contributed by atoms with Gasteiger partial charge >= 0.3 is 0 Å². The lowest BCUT2D eigenvalue weighted by molar-refractivity contribution is -0.135. The molecule has 0 saturated carbocycles. The van der Waals surface area contributed by atoms with Crippen LogP contribution in [0.4, 0.5) is 8.78 Å².